The van der Waals surface area contributed by atoms with E-state index in [0.29, 0.717) is 16.9 Å². The van der Waals surface area contributed by atoms with E-state index in [2.05, 4.69) is 10.3 Å². The van der Waals surface area contributed by atoms with Crippen molar-refractivity contribution >= 4 is 17.5 Å². The summed E-state index contributed by atoms with van der Waals surface area (Å²) in [4.78, 5) is 41.5. The number of alkyl halides is 3. The number of nitrogens with zero attached hydrogens (tertiary/aromatic N) is 2. The van der Waals surface area contributed by atoms with E-state index in [4.69, 9.17) is 0 Å². The molecule has 7 nitrogen and oxygen atoms in total. The molecule has 0 unspecified atom stereocenters. The van der Waals surface area contributed by atoms with E-state index < -0.39 is 29.7 Å². The minimum Gasteiger partial charge on any atom is -0.340 e. The summed E-state index contributed by atoms with van der Waals surface area (Å²) >= 11 is 0. The van der Waals surface area contributed by atoms with Gasteiger partial charge in [-0.3, -0.25) is 19.0 Å². The first kappa shape index (κ1) is 22.0. The molecule has 10 heteroatoms. The highest BCUT2D eigenvalue weighted by Crippen LogP contribution is 2.48. The van der Waals surface area contributed by atoms with Crippen LogP contribution in [0.2, 0.25) is 0 Å². The fourth-order valence-corrected chi connectivity index (χ4v) is 3.57. The third-order valence-electron chi connectivity index (χ3n) is 5.83. The Morgan fingerprint density at radius 2 is 1.88 bits per heavy atom. The maximum absolute atomic E-state index is 13.1. The van der Waals surface area contributed by atoms with Crippen molar-refractivity contribution in [1.29, 1.82) is 0 Å². The van der Waals surface area contributed by atoms with Gasteiger partial charge in [0.1, 0.15) is 17.9 Å². The van der Waals surface area contributed by atoms with Crippen molar-refractivity contribution in [3.8, 4) is 11.3 Å². The Morgan fingerprint density at radius 1 is 1.19 bits per heavy atom. The number of halogens is 3. The molecule has 2 aliphatic carbocycles. The van der Waals surface area contributed by atoms with Gasteiger partial charge in [0.2, 0.25) is 11.8 Å². The first-order valence-corrected chi connectivity index (χ1v) is 10.4. The summed E-state index contributed by atoms with van der Waals surface area (Å²) in [6.07, 6.45) is -3.18. The first-order chi connectivity index (χ1) is 15.0. The van der Waals surface area contributed by atoms with Gasteiger partial charge in [-0.25, -0.2) is 4.98 Å². The van der Waals surface area contributed by atoms with E-state index in [1.165, 1.54) is 13.0 Å². The fourth-order valence-electron chi connectivity index (χ4n) is 3.57. The van der Waals surface area contributed by atoms with E-state index in [1.807, 2.05) is 18.3 Å². The number of nitrogens with one attached hydrogen (secondary N) is 2. The monoisotopic (exact) mass is 448 g/mol. The van der Waals surface area contributed by atoms with Crippen molar-refractivity contribution in [3.63, 3.8) is 0 Å². The number of benzene rings is 1. The van der Waals surface area contributed by atoms with Gasteiger partial charge in [0.25, 0.3) is 5.56 Å². The molecule has 4 rings (SSSR count). The van der Waals surface area contributed by atoms with Crippen LogP contribution in [0.4, 0.5) is 18.9 Å². The molecular formula is C22H23F3N4O3. The Hall–Kier alpha value is -3.17. The molecule has 2 aliphatic rings. The molecule has 2 aromatic rings. The summed E-state index contributed by atoms with van der Waals surface area (Å²) in [7, 11) is 0. The van der Waals surface area contributed by atoms with Crippen LogP contribution in [0, 0.1) is 19.8 Å². The van der Waals surface area contributed by atoms with Crippen molar-refractivity contribution < 1.29 is 22.8 Å². The lowest BCUT2D eigenvalue weighted by Gasteiger charge is -2.21. The average Bonchev–Trinajstić information content (AvgIpc) is 3.58. The number of hydrogen-bond donors (Lipinski definition) is 2. The second-order valence-corrected chi connectivity index (χ2v) is 8.55. The molecule has 32 heavy (non-hydrogen) atoms. The van der Waals surface area contributed by atoms with Gasteiger partial charge in [-0.2, -0.15) is 13.2 Å². The molecule has 2 amide bonds. The molecule has 0 spiro atoms. The van der Waals surface area contributed by atoms with E-state index in [0.717, 1.165) is 23.0 Å². The smallest absolute Gasteiger partial charge is 0.340 e. The van der Waals surface area contributed by atoms with E-state index in [9.17, 15) is 27.6 Å². The van der Waals surface area contributed by atoms with Gasteiger partial charge >= 0.3 is 6.18 Å². The lowest BCUT2D eigenvalue weighted by molar-refractivity contribution is -0.170. The van der Waals surface area contributed by atoms with Crippen LogP contribution in [0.5, 0.6) is 0 Å². The standard InChI is InChI=1S/C22H23F3N4O3/c1-12-3-6-15(16(9-12)27-20(32)14-4-5-14)17-10-19(31)29(13(2)26-17)11-18(30)28-21(7-8-21)22(23,24)25/h3,6,9-10,14H,4-5,7-8,11H2,1-2H3,(H,27,32)(H,28,30). The number of anilines is 1. The molecule has 0 atom stereocenters. The van der Waals surface area contributed by atoms with Gasteiger partial charge in [-0.05, 0) is 51.2 Å². The minimum atomic E-state index is -4.53. The molecule has 0 bridgehead atoms. The third-order valence-corrected chi connectivity index (χ3v) is 5.83. The number of aryl methyl sites for hydroxylation is 2. The number of amides is 2. The summed E-state index contributed by atoms with van der Waals surface area (Å²) < 4.78 is 40.3. The molecule has 0 aliphatic heterocycles. The van der Waals surface area contributed by atoms with Crippen molar-refractivity contribution in [3.05, 3.63) is 46.0 Å². The van der Waals surface area contributed by atoms with Crippen LogP contribution in [-0.2, 0) is 16.1 Å². The molecule has 2 saturated carbocycles. The van der Waals surface area contributed by atoms with Crippen LogP contribution in [-0.4, -0.2) is 33.1 Å². The fraction of sp³-hybridized carbons (Fsp3) is 0.455. The second-order valence-electron chi connectivity index (χ2n) is 8.55. The summed E-state index contributed by atoms with van der Waals surface area (Å²) in [5.74, 6) is -0.805. The summed E-state index contributed by atoms with van der Waals surface area (Å²) in [5.41, 5.74) is -0.449. The zero-order chi connectivity index (χ0) is 23.3. The van der Waals surface area contributed by atoms with Gasteiger partial charge in [-0.15, -0.1) is 0 Å². The van der Waals surface area contributed by atoms with Crippen LogP contribution in [0.25, 0.3) is 11.3 Å². The predicted molar refractivity (Wildman–Crippen MR) is 111 cm³/mol. The number of rotatable bonds is 6. The molecule has 0 radical (unpaired) electrons. The van der Waals surface area contributed by atoms with Gasteiger partial charge < -0.3 is 10.6 Å². The zero-order valence-electron chi connectivity index (χ0n) is 17.7. The predicted octanol–water partition coefficient (Wildman–Crippen LogP) is 3.09. The molecule has 1 heterocycles. The number of carbonyl (C=O) groups is 2. The highest BCUT2D eigenvalue weighted by molar-refractivity contribution is 5.97. The van der Waals surface area contributed by atoms with Gasteiger partial charge in [0.15, 0.2) is 0 Å². The van der Waals surface area contributed by atoms with Gasteiger partial charge in [0.05, 0.1) is 11.4 Å². The first-order valence-electron chi connectivity index (χ1n) is 10.4. The van der Waals surface area contributed by atoms with Crippen LogP contribution >= 0.6 is 0 Å². The van der Waals surface area contributed by atoms with E-state index >= 15 is 0 Å². The van der Waals surface area contributed by atoms with Gasteiger partial charge in [0, 0.05) is 17.5 Å². The normalized spacial score (nSPS) is 17.0. The highest BCUT2D eigenvalue weighted by atomic mass is 19.4. The molecule has 170 valence electrons. The summed E-state index contributed by atoms with van der Waals surface area (Å²) in [6.45, 7) is 2.82. The molecule has 2 fully saturated rings. The minimum absolute atomic E-state index is 0.00368. The van der Waals surface area contributed by atoms with Crippen molar-refractivity contribution in [2.45, 2.75) is 57.8 Å². The van der Waals surface area contributed by atoms with Crippen LogP contribution < -0.4 is 16.2 Å². The number of hydrogen-bond acceptors (Lipinski definition) is 4. The third kappa shape index (κ3) is 4.39. The summed E-state index contributed by atoms with van der Waals surface area (Å²) in [6, 6.07) is 6.58. The molecule has 1 aromatic heterocycles. The quantitative estimate of drug-likeness (QED) is 0.710. The van der Waals surface area contributed by atoms with Crippen LogP contribution in [0.1, 0.15) is 37.1 Å². The molecular weight excluding hydrogens is 425 g/mol. The van der Waals surface area contributed by atoms with E-state index in [-0.39, 0.29) is 30.5 Å². The van der Waals surface area contributed by atoms with Crippen molar-refractivity contribution in [2.75, 3.05) is 5.32 Å². The molecule has 0 saturated heterocycles. The van der Waals surface area contributed by atoms with Crippen molar-refractivity contribution in [2.24, 2.45) is 5.92 Å². The van der Waals surface area contributed by atoms with Gasteiger partial charge in [-0.1, -0.05) is 12.1 Å². The van der Waals surface area contributed by atoms with Crippen molar-refractivity contribution in [1.82, 2.24) is 14.9 Å². The maximum Gasteiger partial charge on any atom is 0.411 e. The average molecular weight is 448 g/mol. The Kier molecular flexibility index (Phi) is 5.34. The SMILES string of the molecule is Cc1ccc(-c2cc(=O)n(CC(=O)NC3(C(F)(F)F)CC3)c(C)n2)c(NC(=O)C2CC2)c1. The topological polar surface area (TPSA) is 93.1 Å². The zero-order valence-corrected chi connectivity index (χ0v) is 17.7. The van der Waals surface area contributed by atoms with Crippen LogP contribution in [0.15, 0.2) is 29.1 Å². The Bertz CT molecular complexity index is 1150. The van der Waals surface area contributed by atoms with E-state index in [1.54, 1.807) is 12.1 Å². The largest absolute Gasteiger partial charge is 0.411 e. The maximum atomic E-state index is 13.1. The summed E-state index contributed by atoms with van der Waals surface area (Å²) in [5, 5.41) is 4.90. The molecule has 2 N–H and O–H groups in total. The lowest BCUT2D eigenvalue weighted by Crippen LogP contribution is -2.49. The number of aromatic nitrogens is 2. The van der Waals surface area contributed by atoms with Crippen LogP contribution in [0.3, 0.4) is 0 Å². The second kappa shape index (κ2) is 7.75. The Balaban J connectivity index is 1.58. The molecule has 1 aromatic carbocycles. The number of carbonyl (C=O) groups excluding carboxylic acids is 2. The Labute approximate surface area is 182 Å². The highest BCUT2D eigenvalue weighted by Gasteiger charge is 2.64. The Morgan fingerprint density at radius 3 is 2.44 bits per heavy atom. The lowest BCUT2D eigenvalue weighted by atomic mass is 10.1.